The molecule has 0 atom stereocenters. The quantitative estimate of drug-likeness (QED) is 0.548. The van der Waals surface area contributed by atoms with Crippen LogP contribution in [0.15, 0.2) is 0 Å². The minimum atomic E-state index is 0. The van der Waals surface area contributed by atoms with Crippen LogP contribution >= 0.6 is 0 Å². The maximum Gasteiger partial charge on any atom is 0.0466 e. The number of ether oxygens (including phenoxy) is 1. The molecule has 8 heavy (non-hydrogen) atoms. The normalized spacial score (nSPS) is 15.8. The number of aliphatic hydroxyl groups excluding tert-OH is 1. The van der Waals surface area contributed by atoms with Crippen molar-refractivity contribution in [3.8, 4) is 0 Å². The molecule has 1 N–H and O–H groups in total. The van der Waals surface area contributed by atoms with E-state index >= 15 is 0 Å². The second-order valence-corrected chi connectivity index (χ2v) is 1.32. The van der Waals surface area contributed by atoms with Crippen molar-refractivity contribution >= 4 is 0 Å². The fraction of sp³-hybridized carbons (Fsp3) is 1.00. The van der Waals surface area contributed by atoms with Crippen LogP contribution in [0, 0.1) is 0 Å². The summed E-state index contributed by atoms with van der Waals surface area (Å²) in [7, 11) is 1.00. The van der Waals surface area contributed by atoms with Crippen LogP contribution in [0.3, 0.4) is 0 Å². The molecule has 0 spiro atoms. The van der Waals surface area contributed by atoms with Crippen molar-refractivity contribution in [2.45, 2.75) is 12.8 Å². The fourth-order valence-corrected chi connectivity index (χ4v) is 0.510. The second-order valence-electron chi connectivity index (χ2n) is 1.32. The number of hydrogen-bond acceptors (Lipinski definition) is 2. The molecule has 0 aromatic heterocycles. The number of hydrogen-bond donors (Lipinski definition) is 1. The van der Waals surface area contributed by atoms with Gasteiger partial charge >= 0.3 is 0 Å². The van der Waals surface area contributed by atoms with Gasteiger partial charge in [-0.3, -0.25) is 0 Å². The zero-order valence-electron chi connectivity index (χ0n) is 5.13. The molecule has 0 bridgehead atoms. The third-order valence-corrected chi connectivity index (χ3v) is 0.827. The molecule has 0 aromatic rings. The van der Waals surface area contributed by atoms with Crippen LogP contribution in [0.1, 0.15) is 12.8 Å². The summed E-state index contributed by atoms with van der Waals surface area (Å²) in [6, 6.07) is 0. The van der Waals surface area contributed by atoms with Gasteiger partial charge in [-0.15, -0.1) is 0 Å². The maximum atomic E-state index is 7.00. The Morgan fingerprint density at radius 3 is 1.62 bits per heavy atom. The molecule has 3 heteroatoms. The zero-order valence-corrected chi connectivity index (χ0v) is 6.53. The average molecular weight is 155 g/mol. The van der Waals surface area contributed by atoms with Crippen molar-refractivity contribution < 1.29 is 28.4 Å². The topological polar surface area (TPSA) is 29.5 Å². The molecule has 2 nitrogen and oxygen atoms in total. The predicted molar refractivity (Wildman–Crippen MR) is 28.2 cm³/mol. The van der Waals surface area contributed by atoms with Gasteiger partial charge in [0.25, 0.3) is 0 Å². The van der Waals surface area contributed by atoms with Crippen LogP contribution in [-0.4, -0.2) is 25.4 Å². The van der Waals surface area contributed by atoms with Crippen molar-refractivity contribution in [1.29, 1.82) is 0 Å². The first-order valence-electron chi connectivity index (χ1n) is 2.52. The molecule has 1 aliphatic heterocycles. The van der Waals surface area contributed by atoms with Gasteiger partial charge in [-0.2, -0.15) is 0 Å². The summed E-state index contributed by atoms with van der Waals surface area (Å²) in [5, 5.41) is 7.00. The Morgan fingerprint density at radius 2 is 1.50 bits per heavy atom. The van der Waals surface area contributed by atoms with E-state index in [4.69, 9.17) is 9.84 Å². The molecule has 0 amide bonds. The Labute approximate surface area is 62.1 Å². The minimum Gasteiger partial charge on any atom is -0.400 e. The van der Waals surface area contributed by atoms with Crippen LogP contribution in [0.2, 0.25) is 0 Å². The van der Waals surface area contributed by atoms with Gasteiger partial charge in [-0.05, 0) is 12.8 Å². The monoisotopic (exact) mass is 155 g/mol. The van der Waals surface area contributed by atoms with E-state index in [1.807, 2.05) is 0 Å². The molecule has 1 heterocycles. The van der Waals surface area contributed by atoms with E-state index in [0.29, 0.717) is 0 Å². The van der Waals surface area contributed by atoms with Gasteiger partial charge < -0.3 is 9.84 Å². The smallest absolute Gasteiger partial charge is 0.0466 e. The fourth-order valence-electron chi connectivity index (χ4n) is 0.510. The molecular formula is C5H12O2V. The first kappa shape index (κ1) is 11.3. The molecule has 0 aliphatic carbocycles. The molecule has 1 aliphatic rings. The summed E-state index contributed by atoms with van der Waals surface area (Å²) in [5.74, 6) is 0. The first-order valence-corrected chi connectivity index (χ1v) is 2.52. The van der Waals surface area contributed by atoms with E-state index in [2.05, 4.69) is 0 Å². The van der Waals surface area contributed by atoms with Crippen molar-refractivity contribution in [3.63, 3.8) is 0 Å². The number of rotatable bonds is 0. The van der Waals surface area contributed by atoms with E-state index in [1.54, 1.807) is 0 Å². The SMILES string of the molecule is C1CCOC1.CO.[V]. The zero-order chi connectivity index (χ0) is 5.54. The third kappa shape index (κ3) is 6.50. The van der Waals surface area contributed by atoms with Gasteiger partial charge in [-0.25, -0.2) is 0 Å². The Morgan fingerprint density at radius 1 is 1.12 bits per heavy atom. The summed E-state index contributed by atoms with van der Waals surface area (Å²) >= 11 is 0. The van der Waals surface area contributed by atoms with Crippen molar-refractivity contribution in [2.75, 3.05) is 20.3 Å². The standard InChI is InChI=1S/C4H8O.CH4O.V/c1-2-4-5-3-1;1-2;/h1-4H2;2H,1H3;. The van der Waals surface area contributed by atoms with E-state index in [0.717, 1.165) is 20.3 Å². The summed E-state index contributed by atoms with van der Waals surface area (Å²) in [5.41, 5.74) is 0. The molecule has 1 saturated heterocycles. The third-order valence-electron chi connectivity index (χ3n) is 0.827. The molecular weight excluding hydrogens is 143 g/mol. The number of aliphatic hydroxyl groups is 1. The Bertz CT molecular complexity index is 22.0. The minimum absolute atomic E-state index is 0. The van der Waals surface area contributed by atoms with Gasteiger partial charge in [-0.1, -0.05) is 0 Å². The summed E-state index contributed by atoms with van der Waals surface area (Å²) < 4.78 is 4.94. The van der Waals surface area contributed by atoms with E-state index < -0.39 is 0 Å². The second kappa shape index (κ2) is 10.5. The predicted octanol–water partition coefficient (Wildman–Crippen LogP) is 0.403. The van der Waals surface area contributed by atoms with Crippen molar-refractivity contribution in [1.82, 2.24) is 0 Å². The largest absolute Gasteiger partial charge is 0.400 e. The molecule has 0 aromatic carbocycles. The maximum absolute atomic E-state index is 7.00. The Balaban J connectivity index is 0. The first-order chi connectivity index (χ1) is 3.50. The van der Waals surface area contributed by atoms with Crippen LogP contribution in [-0.2, 0) is 23.3 Å². The summed E-state index contributed by atoms with van der Waals surface area (Å²) in [4.78, 5) is 0. The van der Waals surface area contributed by atoms with Crippen LogP contribution in [0.4, 0.5) is 0 Å². The van der Waals surface area contributed by atoms with E-state index in [-0.39, 0.29) is 18.6 Å². The van der Waals surface area contributed by atoms with Crippen molar-refractivity contribution in [2.24, 2.45) is 0 Å². The van der Waals surface area contributed by atoms with E-state index in [1.165, 1.54) is 12.8 Å². The Kier molecular flexibility index (Phi) is 14.8. The van der Waals surface area contributed by atoms with Gasteiger partial charge in [0.05, 0.1) is 0 Å². The summed E-state index contributed by atoms with van der Waals surface area (Å²) in [6.45, 7) is 2.00. The van der Waals surface area contributed by atoms with Crippen LogP contribution < -0.4 is 0 Å². The van der Waals surface area contributed by atoms with Gasteiger partial charge in [0.15, 0.2) is 0 Å². The van der Waals surface area contributed by atoms with Crippen LogP contribution in [0.25, 0.3) is 0 Å². The van der Waals surface area contributed by atoms with Crippen molar-refractivity contribution in [3.05, 3.63) is 0 Å². The van der Waals surface area contributed by atoms with Gasteiger partial charge in [0.2, 0.25) is 0 Å². The van der Waals surface area contributed by atoms with Crippen LogP contribution in [0.5, 0.6) is 0 Å². The van der Waals surface area contributed by atoms with E-state index in [9.17, 15) is 0 Å². The molecule has 1 radical (unpaired) electrons. The molecule has 1 fully saturated rings. The molecule has 0 saturated carbocycles. The molecule has 1 rings (SSSR count). The van der Waals surface area contributed by atoms with Gasteiger partial charge in [0.1, 0.15) is 0 Å². The van der Waals surface area contributed by atoms with Gasteiger partial charge in [0, 0.05) is 38.9 Å². The average Bonchev–Trinajstić information content (AvgIpc) is 2.23. The molecule has 49 valence electrons. The molecule has 0 unspecified atom stereocenters. The Hall–Kier alpha value is 0.504. The summed E-state index contributed by atoms with van der Waals surface area (Å²) in [6.07, 6.45) is 2.56.